The van der Waals surface area contributed by atoms with E-state index in [0.29, 0.717) is 13.1 Å². The first-order valence-corrected chi connectivity index (χ1v) is 3.35. The number of alkyl halides is 3. The first kappa shape index (κ1) is 8.80. The molecule has 0 aromatic carbocycles. The minimum atomic E-state index is -4.15. The summed E-state index contributed by atoms with van der Waals surface area (Å²) in [6.45, 7) is 2.10. The fourth-order valence-corrected chi connectivity index (χ4v) is 1.05. The van der Waals surface area contributed by atoms with Crippen molar-refractivity contribution >= 4 is 0 Å². The molecule has 1 radical (unpaired) electrons. The van der Waals surface area contributed by atoms with Gasteiger partial charge in [0.15, 0.2) is 0 Å². The Morgan fingerprint density at radius 3 is 2.55 bits per heavy atom. The second kappa shape index (κ2) is 2.98. The smallest absolute Gasteiger partial charge is 0.309 e. The van der Waals surface area contributed by atoms with Crippen LogP contribution in [0.25, 0.3) is 0 Å². The van der Waals surface area contributed by atoms with Crippen LogP contribution in [0.2, 0.25) is 0 Å². The van der Waals surface area contributed by atoms with E-state index in [2.05, 4.69) is 5.32 Å². The van der Waals surface area contributed by atoms with Gasteiger partial charge >= 0.3 is 6.18 Å². The van der Waals surface area contributed by atoms with Crippen molar-refractivity contribution in [2.75, 3.05) is 20.1 Å². The molecule has 1 N–H and O–H groups in total. The molecule has 1 atom stereocenters. The third-order valence-corrected chi connectivity index (χ3v) is 1.69. The second-order valence-corrected chi connectivity index (χ2v) is 2.59. The molecule has 65 valence electrons. The average Bonchev–Trinajstić information content (AvgIpc) is 1.86. The largest absolute Gasteiger partial charge is 0.405 e. The third-order valence-electron chi connectivity index (χ3n) is 1.69. The second-order valence-electron chi connectivity index (χ2n) is 2.59. The van der Waals surface area contributed by atoms with E-state index in [4.69, 9.17) is 0 Å². The van der Waals surface area contributed by atoms with Gasteiger partial charge in [-0.15, -0.1) is 0 Å². The Kier molecular flexibility index (Phi) is 2.39. The Labute approximate surface area is 63.4 Å². The zero-order chi connectivity index (χ0) is 8.48. The van der Waals surface area contributed by atoms with E-state index in [1.807, 2.05) is 0 Å². The molecular weight excluding hydrogens is 157 g/mol. The molecule has 1 fully saturated rings. The summed E-state index contributed by atoms with van der Waals surface area (Å²) >= 11 is 0. The lowest BCUT2D eigenvalue weighted by Crippen LogP contribution is -2.53. The SMILES string of the molecule is CN1CCN[CH]C1C(F)(F)F. The molecule has 1 heterocycles. The van der Waals surface area contributed by atoms with Gasteiger partial charge in [0, 0.05) is 19.6 Å². The number of nitrogens with one attached hydrogen (secondary N) is 1. The first-order valence-electron chi connectivity index (χ1n) is 3.35. The molecule has 1 rings (SSSR count). The van der Waals surface area contributed by atoms with E-state index >= 15 is 0 Å². The lowest BCUT2D eigenvalue weighted by molar-refractivity contribution is -0.175. The van der Waals surface area contributed by atoms with Crippen LogP contribution in [0.3, 0.4) is 0 Å². The highest BCUT2D eigenvalue weighted by atomic mass is 19.4. The van der Waals surface area contributed by atoms with Crippen LogP contribution in [0, 0.1) is 6.54 Å². The van der Waals surface area contributed by atoms with Crippen molar-refractivity contribution in [1.29, 1.82) is 0 Å². The summed E-state index contributed by atoms with van der Waals surface area (Å²) in [6, 6.07) is -1.43. The molecule has 1 aliphatic heterocycles. The summed E-state index contributed by atoms with van der Waals surface area (Å²) in [5.74, 6) is 0. The Morgan fingerprint density at radius 2 is 2.18 bits per heavy atom. The molecule has 1 aliphatic rings. The fraction of sp³-hybridized carbons (Fsp3) is 0.833. The van der Waals surface area contributed by atoms with Gasteiger partial charge in [-0.25, -0.2) is 0 Å². The number of nitrogens with zero attached hydrogens (tertiary/aromatic N) is 1. The number of hydrogen-bond donors (Lipinski definition) is 1. The van der Waals surface area contributed by atoms with E-state index < -0.39 is 12.2 Å². The van der Waals surface area contributed by atoms with Gasteiger partial charge in [0.1, 0.15) is 6.04 Å². The van der Waals surface area contributed by atoms with Crippen LogP contribution in [0.4, 0.5) is 13.2 Å². The molecule has 0 saturated carbocycles. The van der Waals surface area contributed by atoms with Gasteiger partial charge in [-0.05, 0) is 7.05 Å². The molecular formula is C6H10F3N2. The van der Waals surface area contributed by atoms with E-state index in [9.17, 15) is 13.2 Å². The molecule has 0 bridgehead atoms. The molecule has 5 heteroatoms. The van der Waals surface area contributed by atoms with Crippen molar-refractivity contribution < 1.29 is 13.2 Å². The van der Waals surface area contributed by atoms with Crippen LogP contribution >= 0.6 is 0 Å². The topological polar surface area (TPSA) is 15.3 Å². The maximum atomic E-state index is 12.1. The summed E-state index contributed by atoms with van der Waals surface area (Å²) < 4.78 is 36.2. The van der Waals surface area contributed by atoms with Crippen LogP contribution in [-0.4, -0.2) is 37.3 Å². The normalized spacial score (nSPS) is 28.9. The fourth-order valence-electron chi connectivity index (χ4n) is 1.05. The summed E-state index contributed by atoms with van der Waals surface area (Å²) in [7, 11) is 1.47. The standard InChI is InChI=1S/C6H10F3N2/c1-11-3-2-10-4-5(11)6(7,8)9/h4-5,10H,2-3H2,1H3. The third kappa shape index (κ3) is 2.07. The van der Waals surface area contributed by atoms with Crippen molar-refractivity contribution in [3.63, 3.8) is 0 Å². The van der Waals surface area contributed by atoms with Crippen molar-refractivity contribution in [2.45, 2.75) is 12.2 Å². The van der Waals surface area contributed by atoms with Crippen molar-refractivity contribution in [1.82, 2.24) is 10.2 Å². The highest BCUT2D eigenvalue weighted by molar-refractivity contribution is 4.91. The summed E-state index contributed by atoms with van der Waals surface area (Å²) in [4.78, 5) is 1.27. The van der Waals surface area contributed by atoms with Crippen LogP contribution in [0.5, 0.6) is 0 Å². The summed E-state index contributed by atoms with van der Waals surface area (Å²) in [5, 5.41) is 2.59. The van der Waals surface area contributed by atoms with Crippen LogP contribution < -0.4 is 5.32 Å². The molecule has 0 aromatic rings. The Hall–Kier alpha value is -0.290. The predicted octanol–water partition coefficient (Wildman–Crippen LogP) is 0.614. The lowest BCUT2D eigenvalue weighted by atomic mass is 10.2. The predicted molar refractivity (Wildman–Crippen MR) is 34.8 cm³/mol. The number of likely N-dealkylation sites (N-methyl/N-ethyl adjacent to an activating group) is 1. The maximum absolute atomic E-state index is 12.1. The number of rotatable bonds is 0. The molecule has 1 unspecified atom stereocenters. The minimum Gasteiger partial charge on any atom is -0.309 e. The molecule has 0 aliphatic carbocycles. The van der Waals surface area contributed by atoms with Gasteiger partial charge in [0.2, 0.25) is 0 Å². The summed E-state index contributed by atoms with van der Waals surface area (Å²) in [5.41, 5.74) is 0. The maximum Gasteiger partial charge on any atom is 0.405 e. The van der Waals surface area contributed by atoms with Crippen LogP contribution in [-0.2, 0) is 0 Å². The molecule has 0 spiro atoms. The highest BCUT2D eigenvalue weighted by Crippen LogP contribution is 2.26. The van der Waals surface area contributed by atoms with Gasteiger partial charge in [-0.3, -0.25) is 4.90 Å². The first-order chi connectivity index (χ1) is 5.02. The summed E-state index contributed by atoms with van der Waals surface area (Å²) in [6.07, 6.45) is -4.15. The van der Waals surface area contributed by atoms with E-state index in [1.54, 1.807) is 0 Å². The Bertz CT molecular complexity index is 134. The van der Waals surface area contributed by atoms with Crippen molar-refractivity contribution in [2.24, 2.45) is 0 Å². The van der Waals surface area contributed by atoms with Gasteiger partial charge in [0.05, 0.1) is 0 Å². The molecule has 1 saturated heterocycles. The average molecular weight is 167 g/mol. The minimum absolute atomic E-state index is 0.431. The van der Waals surface area contributed by atoms with Gasteiger partial charge in [-0.2, -0.15) is 13.2 Å². The van der Waals surface area contributed by atoms with Crippen LogP contribution in [0.15, 0.2) is 0 Å². The van der Waals surface area contributed by atoms with E-state index in [1.165, 1.54) is 11.9 Å². The van der Waals surface area contributed by atoms with Crippen molar-refractivity contribution in [3.8, 4) is 0 Å². The van der Waals surface area contributed by atoms with Gasteiger partial charge in [-0.1, -0.05) is 0 Å². The zero-order valence-corrected chi connectivity index (χ0v) is 6.15. The Morgan fingerprint density at radius 1 is 1.55 bits per heavy atom. The molecule has 0 amide bonds. The quantitative estimate of drug-likeness (QED) is 0.568. The number of hydrogen-bond acceptors (Lipinski definition) is 2. The highest BCUT2D eigenvalue weighted by Gasteiger charge is 2.43. The molecule has 2 nitrogen and oxygen atoms in total. The zero-order valence-electron chi connectivity index (χ0n) is 6.15. The number of piperazine rings is 1. The molecule has 11 heavy (non-hydrogen) atoms. The monoisotopic (exact) mass is 167 g/mol. The number of halogens is 3. The molecule has 0 aromatic heterocycles. The lowest BCUT2D eigenvalue weighted by Gasteiger charge is -2.33. The Balaban J connectivity index is 2.55. The van der Waals surface area contributed by atoms with E-state index in [-0.39, 0.29) is 0 Å². The van der Waals surface area contributed by atoms with Crippen LogP contribution in [0.1, 0.15) is 0 Å². The van der Waals surface area contributed by atoms with Gasteiger partial charge in [0.25, 0.3) is 0 Å². The van der Waals surface area contributed by atoms with E-state index in [0.717, 1.165) is 6.54 Å². The van der Waals surface area contributed by atoms with Gasteiger partial charge < -0.3 is 5.32 Å². The van der Waals surface area contributed by atoms with Crippen molar-refractivity contribution in [3.05, 3.63) is 6.54 Å².